The highest BCUT2D eigenvalue weighted by molar-refractivity contribution is 7.65. The lowest BCUT2D eigenvalue weighted by Gasteiger charge is -2.17. The highest BCUT2D eigenvalue weighted by atomic mass is 35.8. The van der Waals surface area contributed by atoms with Crippen molar-refractivity contribution in [1.82, 2.24) is 0 Å². The van der Waals surface area contributed by atoms with Crippen molar-refractivity contribution >= 4 is 39.2 Å². The van der Waals surface area contributed by atoms with Gasteiger partial charge in [0, 0.05) is 5.54 Å². The molecule has 0 spiro atoms. The van der Waals surface area contributed by atoms with Crippen molar-refractivity contribution in [1.29, 1.82) is 0 Å². The lowest BCUT2D eigenvalue weighted by molar-refractivity contribution is 0.532. The van der Waals surface area contributed by atoms with E-state index in [9.17, 15) is 0 Å². The van der Waals surface area contributed by atoms with Crippen molar-refractivity contribution in [2.75, 3.05) is 0 Å². The van der Waals surface area contributed by atoms with Crippen LogP contribution >= 0.6 is 33.2 Å². The molecule has 0 aromatic heterocycles. The molecule has 0 nitrogen and oxygen atoms in total. The van der Waals surface area contributed by atoms with E-state index in [2.05, 4.69) is 13.5 Å². The molecule has 0 aromatic rings. The molecule has 0 rings (SSSR count). The van der Waals surface area contributed by atoms with Crippen LogP contribution in [-0.2, 0) is 0 Å². The molecule has 1 atom stereocenters. The zero-order chi connectivity index (χ0) is 17.4. The number of halogens is 3. The molecule has 0 radical (unpaired) electrons. The van der Waals surface area contributed by atoms with Gasteiger partial charge in [-0.1, -0.05) is 103 Å². The Bertz CT molecular complexity index is 264. The van der Waals surface area contributed by atoms with Crippen LogP contribution in [0, 0.1) is 0 Å². The van der Waals surface area contributed by atoms with Crippen molar-refractivity contribution in [3.63, 3.8) is 0 Å². The Hall–Kier alpha value is 0.827. The van der Waals surface area contributed by atoms with Gasteiger partial charge >= 0.3 is 6.00 Å². The molecule has 138 valence electrons. The zero-order valence-corrected chi connectivity index (χ0v) is 18.4. The van der Waals surface area contributed by atoms with Gasteiger partial charge < -0.3 is 0 Å². The average Bonchev–Trinajstić information content (AvgIpc) is 2.50. The van der Waals surface area contributed by atoms with Gasteiger partial charge in [0.1, 0.15) is 0 Å². The molecule has 0 aliphatic heterocycles. The Morgan fingerprint density at radius 1 is 0.696 bits per heavy atom. The summed E-state index contributed by atoms with van der Waals surface area (Å²) in [5.74, 6) is 0. The number of hydrogen-bond donors (Lipinski definition) is 0. The molecule has 0 heterocycles. The summed E-state index contributed by atoms with van der Waals surface area (Å²) in [5, 5.41) is 0. The zero-order valence-electron chi connectivity index (χ0n) is 15.1. The molecule has 0 aliphatic rings. The highest BCUT2D eigenvalue weighted by Gasteiger charge is 2.33. The molecule has 0 N–H and O–H groups in total. The minimum atomic E-state index is -2.59. The molecule has 0 saturated carbocycles. The third kappa shape index (κ3) is 16.1. The molecule has 0 aromatic carbocycles. The fraction of sp³-hybridized carbons (Fsp3) is 0.895. The van der Waals surface area contributed by atoms with Gasteiger partial charge in [-0.25, -0.2) is 0 Å². The second-order valence-electron chi connectivity index (χ2n) is 6.77. The summed E-state index contributed by atoms with van der Waals surface area (Å²) in [7, 11) is 0. The maximum absolute atomic E-state index is 6.06. The van der Waals surface area contributed by atoms with E-state index in [1.807, 2.05) is 6.08 Å². The quantitative estimate of drug-likeness (QED) is 0.0989. The fourth-order valence-electron chi connectivity index (χ4n) is 2.97. The van der Waals surface area contributed by atoms with E-state index in [0.29, 0.717) is 0 Å². The van der Waals surface area contributed by atoms with Crippen molar-refractivity contribution < 1.29 is 0 Å². The Kier molecular flexibility index (Phi) is 16.9. The van der Waals surface area contributed by atoms with E-state index >= 15 is 0 Å². The third-order valence-electron chi connectivity index (χ3n) is 4.57. The van der Waals surface area contributed by atoms with E-state index in [1.54, 1.807) is 0 Å². The van der Waals surface area contributed by atoms with Crippen molar-refractivity contribution in [2.24, 2.45) is 0 Å². The Morgan fingerprint density at radius 3 is 1.35 bits per heavy atom. The van der Waals surface area contributed by atoms with Crippen LogP contribution in [0.25, 0.3) is 0 Å². The molecular formula is C19H37Cl3Si. The Balaban J connectivity index is 3.23. The largest absolute Gasteiger partial charge is 0.347 e. The summed E-state index contributed by atoms with van der Waals surface area (Å²) < 4.78 is 0. The highest BCUT2D eigenvalue weighted by Crippen LogP contribution is 2.38. The SMILES string of the molecule is C=CC(CCCCCCCCCCCCCCCC)[Si](Cl)(Cl)Cl. The predicted molar refractivity (Wildman–Crippen MR) is 112 cm³/mol. The summed E-state index contributed by atoms with van der Waals surface area (Å²) in [4.78, 5) is 0. The lowest BCUT2D eigenvalue weighted by Crippen LogP contribution is -2.17. The minimum absolute atomic E-state index is 0.116. The van der Waals surface area contributed by atoms with Crippen LogP contribution in [-0.4, -0.2) is 6.00 Å². The molecule has 23 heavy (non-hydrogen) atoms. The maximum atomic E-state index is 6.06. The van der Waals surface area contributed by atoms with Gasteiger partial charge in [0.2, 0.25) is 0 Å². The van der Waals surface area contributed by atoms with E-state index < -0.39 is 6.00 Å². The first-order chi connectivity index (χ1) is 11.0. The average molecular weight is 400 g/mol. The van der Waals surface area contributed by atoms with Crippen LogP contribution in [0.1, 0.15) is 103 Å². The van der Waals surface area contributed by atoms with Crippen LogP contribution in [0.3, 0.4) is 0 Å². The van der Waals surface area contributed by atoms with Gasteiger partial charge in [-0.3, -0.25) is 0 Å². The first-order valence-corrected chi connectivity index (χ1v) is 14.8. The van der Waals surface area contributed by atoms with Gasteiger partial charge in [-0.2, -0.15) is 0 Å². The van der Waals surface area contributed by atoms with E-state index in [4.69, 9.17) is 33.2 Å². The summed E-state index contributed by atoms with van der Waals surface area (Å²) in [6.07, 6.45) is 22.1. The topological polar surface area (TPSA) is 0 Å². The van der Waals surface area contributed by atoms with Crippen molar-refractivity contribution in [2.45, 2.75) is 109 Å². The van der Waals surface area contributed by atoms with Crippen LogP contribution in [0.4, 0.5) is 0 Å². The van der Waals surface area contributed by atoms with Gasteiger partial charge in [0.05, 0.1) is 0 Å². The fourth-order valence-corrected chi connectivity index (χ4v) is 5.56. The standard InChI is InChI=1S/C19H37Cl3Si/c1-3-5-6-7-8-9-10-11-12-13-14-15-16-17-18-19(4-2)23(20,21)22/h4,19H,2-3,5-18H2,1H3. The van der Waals surface area contributed by atoms with Crippen molar-refractivity contribution in [3.8, 4) is 0 Å². The molecule has 0 fully saturated rings. The molecular weight excluding hydrogens is 363 g/mol. The van der Waals surface area contributed by atoms with Crippen LogP contribution in [0.2, 0.25) is 5.54 Å². The van der Waals surface area contributed by atoms with Crippen molar-refractivity contribution in [3.05, 3.63) is 12.7 Å². The summed E-state index contributed by atoms with van der Waals surface area (Å²) >= 11 is 18.2. The van der Waals surface area contributed by atoms with E-state index in [1.165, 1.54) is 83.5 Å². The Labute approximate surface area is 160 Å². The molecule has 0 bridgehead atoms. The van der Waals surface area contributed by atoms with Crippen LogP contribution in [0.15, 0.2) is 12.7 Å². The predicted octanol–water partition coefficient (Wildman–Crippen LogP) is 9.07. The summed E-state index contributed by atoms with van der Waals surface area (Å²) in [6.45, 7) is 6.07. The Morgan fingerprint density at radius 2 is 1.04 bits per heavy atom. The van der Waals surface area contributed by atoms with Gasteiger partial charge in [0.15, 0.2) is 0 Å². The van der Waals surface area contributed by atoms with Gasteiger partial charge in [0.25, 0.3) is 0 Å². The van der Waals surface area contributed by atoms with Gasteiger partial charge in [-0.05, 0) is 6.42 Å². The lowest BCUT2D eigenvalue weighted by atomic mass is 10.0. The molecule has 0 aliphatic carbocycles. The van der Waals surface area contributed by atoms with Crippen LogP contribution in [0.5, 0.6) is 0 Å². The number of unbranched alkanes of at least 4 members (excludes halogenated alkanes) is 13. The van der Waals surface area contributed by atoms with Gasteiger partial charge in [-0.15, -0.1) is 39.8 Å². The first-order valence-electron chi connectivity index (χ1n) is 9.71. The number of rotatable bonds is 17. The maximum Gasteiger partial charge on any atom is 0.347 e. The van der Waals surface area contributed by atoms with E-state index in [0.717, 1.165) is 12.8 Å². The molecule has 0 amide bonds. The first kappa shape index (κ1) is 23.8. The normalized spacial score (nSPS) is 13.2. The monoisotopic (exact) mass is 398 g/mol. The number of allylic oxidation sites excluding steroid dienone is 1. The molecule has 4 heteroatoms. The van der Waals surface area contributed by atoms with E-state index in [-0.39, 0.29) is 5.54 Å². The minimum Gasteiger partial charge on any atom is -0.125 e. The summed E-state index contributed by atoms with van der Waals surface area (Å²) in [5.41, 5.74) is 0.116. The second kappa shape index (κ2) is 16.3. The molecule has 1 unspecified atom stereocenters. The summed E-state index contributed by atoms with van der Waals surface area (Å²) in [6, 6.07) is -2.59. The number of hydrogen-bond acceptors (Lipinski definition) is 0. The third-order valence-corrected chi connectivity index (χ3v) is 8.46. The molecule has 0 saturated heterocycles. The second-order valence-corrected chi connectivity index (χ2v) is 15.7. The smallest absolute Gasteiger partial charge is 0.125 e. The van der Waals surface area contributed by atoms with Crippen LogP contribution < -0.4 is 0 Å².